The highest BCUT2D eigenvalue weighted by atomic mass is 32.1. The monoisotopic (exact) mass is 283 g/mol. The molecule has 1 fully saturated rings. The first kappa shape index (κ1) is 13.8. The number of carbonyl (C=O) groups is 2. The second kappa shape index (κ2) is 6.01. The highest BCUT2D eigenvalue weighted by Crippen LogP contribution is 2.23. The molecular formula is C12H17N3O3S. The van der Waals surface area contributed by atoms with Crippen molar-refractivity contribution in [3.63, 3.8) is 0 Å². The molecule has 19 heavy (non-hydrogen) atoms. The molecule has 0 bridgehead atoms. The number of aromatic nitrogens is 1. The number of nitrogens with one attached hydrogen (secondary N) is 2. The van der Waals surface area contributed by atoms with Gasteiger partial charge in [-0.15, -0.1) is 0 Å². The van der Waals surface area contributed by atoms with Gasteiger partial charge >= 0.3 is 5.97 Å². The van der Waals surface area contributed by atoms with Crippen LogP contribution in [0.25, 0.3) is 0 Å². The van der Waals surface area contributed by atoms with Gasteiger partial charge in [-0.3, -0.25) is 4.79 Å². The summed E-state index contributed by atoms with van der Waals surface area (Å²) in [5.74, 6) is -0.328. The van der Waals surface area contributed by atoms with Crippen LogP contribution in [0.1, 0.15) is 34.6 Å². The molecule has 0 atom stereocenters. The summed E-state index contributed by atoms with van der Waals surface area (Å²) in [7, 11) is 1.34. The third-order valence-electron chi connectivity index (χ3n) is 2.74. The molecule has 1 aromatic heterocycles. The van der Waals surface area contributed by atoms with Crippen LogP contribution in [-0.4, -0.2) is 36.6 Å². The first-order valence-corrected chi connectivity index (χ1v) is 7.00. The summed E-state index contributed by atoms with van der Waals surface area (Å²) in [5.41, 5.74) is 0.641. The number of ether oxygens (including phenoxy) is 1. The van der Waals surface area contributed by atoms with Crippen LogP contribution in [0.3, 0.4) is 0 Å². The Morgan fingerprint density at radius 1 is 1.47 bits per heavy atom. The van der Waals surface area contributed by atoms with E-state index in [2.05, 4.69) is 20.4 Å². The number of thiazole rings is 1. The summed E-state index contributed by atoms with van der Waals surface area (Å²) >= 11 is 1.24. The largest absolute Gasteiger partial charge is 0.465 e. The van der Waals surface area contributed by atoms with Gasteiger partial charge in [-0.25, -0.2) is 9.78 Å². The number of esters is 1. The van der Waals surface area contributed by atoms with Crippen molar-refractivity contribution in [2.75, 3.05) is 19.0 Å². The SMILES string of the molecule is COC(=O)c1sc(NCCC(=O)NC2CC2)nc1C. The van der Waals surface area contributed by atoms with E-state index in [0.29, 0.717) is 34.7 Å². The Morgan fingerprint density at radius 3 is 2.84 bits per heavy atom. The van der Waals surface area contributed by atoms with Gasteiger partial charge in [0.1, 0.15) is 4.88 Å². The van der Waals surface area contributed by atoms with Gasteiger partial charge in [0, 0.05) is 19.0 Å². The van der Waals surface area contributed by atoms with E-state index in [0.717, 1.165) is 12.8 Å². The maximum Gasteiger partial charge on any atom is 0.350 e. The molecule has 6 nitrogen and oxygen atoms in total. The van der Waals surface area contributed by atoms with Crippen molar-refractivity contribution in [1.29, 1.82) is 0 Å². The van der Waals surface area contributed by atoms with E-state index in [1.807, 2.05) is 0 Å². The number of carbonyl (C=O) groups excluding carboxylic acids is 2. The fourth-order valence-corrected chi connectivity index (χ4v) is 2.47. The highest BCUT2D eigenvalue weighted by Gasteiger charge is 2.22. The number of methoxy groups -OCH3 is 1. The third kappa shape index (κ3) is 3.92. The van der Waals surface area contributed by atoms with Gasteiger partial charge in [0.25, 0.3) is 0 Å². The maximum absolute atomic E-state index is 11.5. The first-order valence-electron chi connectivity index (χ1n) is 6.19. The molecule has 1 aromatic rings. The van der Waals surface area contributed by atoms with Gasteiger partial charge in [0.15, 0.2) is 5.13 Å². The minimum Gasteiger partial charge on any atom is -0.465 e. The Morgan fingerprint density at radius 2 is 2.21 bits per heavy atom. The summed E-state index contributed by atoms with van der Waals surface area (Å²) < 4.78 is 4.66. The number of hydrogen-bond donors (Lipinski definition) is 2. The molecule has 0 spiro atoms. The van der Waals surface area contributed by atoms with E-state index < -0.39 is 0 Å². The molecule has 0 radical (unpaired) electrons. The van der Waals surface area contributed by atoms with E-state index >= 15 is 0 Å². The summed E-state index contributed by atoms with van der Waals surface area (Å²) in [6.07, 6.45) is 2.59. The molecule has 1 saturated carbocycles. The number of rotatable bonds is 6. The Bertz CT molecular complexity index is 483. The Kier molecular flexibility index (Phi) is 4.36. The summed E-state index contributed by atoms with van der Waals surface area (Å²) in [6.45, 7) is 2.26. The maximum atomic E-state index is 11.5. The lowest BCUT2D eigenvalue weighted by Crippen LogP contribution is -2.27. The van der Waals surface area contributed by atoms with Crippen LogP contribution < -0.4 is 10.6 Å². The van der Waals surface area contributed by atoms with E-state index in [1.165, 1.54) is 18.4 Å². The van der Waals surface area contributed by atoms with Crippen molar-refractivity contribution in [3.05, 3.63) is 10.6 Å². The molecule has 0 saturated heterocycles. The van der Waals surface area contributed by atoms with Crippen molar-refractivity contribution in [2.45, 2.75) is 32.2 Å². The molecule has 1 aliphatic carbocycles. The van der Waals surface area contributed by atoms with Crippen LogP contribution >= 0.6 is 11.3 Å². The Balaban J connectivity index is 1.79. The van der Waals surface area contributed by atoms with Crippen LogP contribution in [0.15, 0.2) is 0 Å². The predicted octanol–water partition coefficient (Wildman–Crippen LogP) is 1.32. The van der Waals surface area contributed by atoms with Crippen LogP contribution in [0.4, 0.5) is 5.13 Å². The van der Waals surface area contributed by atoms with Crippen LogP contribution in [0.2, 0.25) is 0 Å². The van der Waals surface area contributed by atoms with Crippen molar-refractivity contribution in [3.8, 4) is 0 Å². The zero-order chi connectivity index (χ0) is 13.8. The molecule has 7 heteroatoms. The molecule has 0 unspecified atom stereocenters. The molecular weight excluding hydrogens is 266 g/mol. The van der Waals surface area contributed by atoms with E-state index in [1.54, 1.807) is 6.92 Å². The van der Waals surface area contributed by atoms with Gasteiger partial charge in [0.05, 0.1) is 12.8 Å². The molecule has 1 heterocycles. The van der Waals surface area contributed by atoms with E-state index in [4.69, 9.17) is 0 Å². The van der Waals surface area contributed by atoms with Crippen LogP contribution in [0.5, 0.6) is 0 Å². The van der Waals surface area contributed by atoms with Gasteiger partial charge in [0.2, 0.25) is 5.91 Å². The number of anilines is 1. The first-order chi connectivity index (χ1) is 9.10. The number of amides is 1. The molecule has 104 valence electrons. The predicted molar refractivity (Wildman–Crippen MR) is 72.5 cm³/mol. The molecule has 0 aliphatic heterocycles. The standard InChI is InChI=1S/C12H17N3O3S/c1-7-10(11(17)18-2)19-12(14-7)13-6-5-9(16)15-8-3-4-8/h8H,3-6H2,1-2H3,(H,13,14)(H,15,16). The highest BCUT2D eigenvalue weighted by molar-refractivity contribution is 7.17. The fraction of sp³-hybridized carbons (Fsp3) is 0.583. The van der Waals surface area contributed by atoms with Crippen molar-refractivity contribution >= 4 is 28.3 Å². The molecule has 1 amide bonds. The molecule has 1 aliphatic rings. The summed E-state index contributed by atoms with van der Waals surface area (Å²) in [4.78, 5) is 27.6. The van der Waals surface area contributed by atoms with Gasteiger partial charge in [-0.1, -0.05) is 11.3 Å². The number of hydrogen-bond acceptors (Lipinski definition) is 6. The van der Waals surface area contributed by atoms with Crippen molar-refractivity contribution in [2.24, 2.45) is 0 Å². The Labute approximate surface area is 115 Å². The van der Waals surface area contributed by atoms with Gasteiger partial charge in [-0.2, -0.15) is 0 Å². The van der Waals surface area contributed by atoms with Crippen molar-refractivity contribution < 1.29 is 14.3 Å². The van der Waals surface area contributed by atoms with Crippen LogP contribution in [0, 0.1) is 6.92 Å². The van der Waals surface area contributed by atoms with Gasteiger partial charge < -0.3 is 15.4 Å². The normalized spacial score (nSPS) is 14.0. The van der Waals surface area contributed by atoms with Gasteiger partial charge in [-0.05, 0) is 19.8 Å². The molecule has 0 aromatic carbocycles. The summed E-state index contributed by atoms with van der Waals surface area (Å²) in [5, 5.41) is 6.60. The smallest absolute Gasteiger partial charge is 0.350 e. The fourth-order valence-electron chi connectivity index (χ4n) is 1.56. The molecule has 2 rings (SSSR count). The average Bonchev–Trinajstić information content (AvgIpc) is 3.10. The lowest BCUT2D eigenvalue weighted by molar-refractivity contribution is -0.120. The summed E-state index contributed by atoms with van der Waals surface area (Å²) in [6, 6.07) is 0.389. The lowest BCUT2D eigenvalue weighted by atomic mass is 10.4. The third-order valence-corrected chi connectivity index (χ3v) is 3.83. The van der Waals surface area contributed by atoms with Crippen LogP contribution in [-0.2, 0) is 9.53 Å². The second-order valence-corrected chi connectivity index (χ2v) is 5.44. The second-order valence-electron chi connectivity index (χ2n) is 4.44. The quantitative estimate of drug-likeness (QED) is 0.770. The van der Waals surface area contributed by atoms with E-state index in [-0.39, 0.29) is 11.9 Å². The minimum absolute atomic E-state index is 0.0523. The van der Waals surface area contributed by atoms with E-state index in [9.17, 15) is 9.59 Å². The number of aryl methyl sites for hydroxylation is 1. The Hall–Kier alpha value is -1.63. The topological polar surface area (TPSA) is 80.3 Å². The number of nitrogens with zero attached hydrogens (tertiary/aromatic N) is 1. The molecule has 2 N–H and O–H groups in total. The average molecular weight is 283 g/mol. The zero-order valence-corrected chi connectivity index (χ0v) is 11.8. The van der Waals surface area contributed by atoms with Crippen molar-refractivity contribution in [1.82, 2.24) is 10.3 Å². The zero-order valence-electron chi connectivity index (χ0n) is 11.0. The lowest BCUT2D eigenvalue weighted by Gasteiger charge is -2.03. The minimum atomic E-state index is -0.380.